The first-order valence-electron chi connectivity index (χ1n) is 5.96. The summed E-state index contributed by atoms with van der Waals surface area (Å²) in [5, 5.41) is 9.31. The smallest absolute Gasteiger partial charge is 0.305 e. The van der Waals surface area contributed by atoms with Gasteiger partial charge in [0.2, 0.25) is 0 Å². The summed E-state index contributed by atoms with van der Waals surface area (Å²) in [4.78, 5) is 10.7. The van der Waals surface area contributed by atoms with Gasteiger partial charge in [-0.25, -0.2) is 0 Å². The number of carboxylic acid groups (broad SMARTS) is 1. The lowest BCUT2D eigenvalue weighted by atomic mass is 10.0. The molecular formula is C13H16ClNO3. The van der Waals surface area contributed by atoms with Gasteiger partial charge in [0.1, 0.15) is 5.75 Å². The fourth-order valence-corrected chi connectivity index (χ4v) is 1.91. The van der Waals surface area contributed by atoms with Crippen LogP contribution in [-0.2, 0) is 4.79 Å². The van der Waals surface area contributed by atoms with Gasteiger partial charge in [-0.2, -0.15) is 0 Å². The Bertz CT molecular complexity index is 446. The minimum absolute atomic E-state index is 0.139. The molecule has 0 bridgehead atoms. The number of ether oxygens (including phenoxy) is 1. The van der Waals surface area contributed by atoms with Crippen LogP contribution in [0.4, 0.5) is 0 Å². The molecule has 0 radical (unpaired) electrons. The van der Waals surface area contributed by atoms with Crippen LogP contribution < -0.4 is 10.5 Å². The van der Waals surface area contributed by atoms with Crippen LogP contribution in [0.15, 0.2) is 18.2 Å². The second-order valence-electron chi connectivity index (χ2n) is 4.64. The first kappa shape index (κ1) is 13.2. The topological polar surface area (TPSA) is 72.6 Å². The summed E-state index contributed by atoms with van der Waals surface area (Å²) in [5.41, 5.74) is 6.53. The molecule has 1 aliphatic rings. The first-order valence-corrected chi connectivity index (χ1v) is 6.33. The fraction of sp³-hybridized carbons (Fsp3) is 0.462. The number of rotatable bonds is 6. The van der Waals surface area contributed by atoms with Gasteiger partial charge >= 0.3 is 5.97 Å². The number of hydrogen-bond acceptors (Lipinski definition) is 3. The molecule has 1 aromatic rings. The molecule has 0 heterocycles. The van der Waals surface area contributed by atoms with E-state index in [0.29, 0.717) is 28.9 Å². The number of nitrogens with two attached hydrogens (primary N) is 1. The maximum atomic E-state index is 10.7. The third kappa shape index (κ3) is 3.62. The van der Waals surface area contributed by atoms with Gasteiger partial charge in [0.25, 0.3) is 0 Å². The SMILES string of the molecule is NC(CC(=O)O)c1cc(Cl)ccc1OCC1CC1. The minimum atomic E-state index is -0.935. The zero-order valence-electron chi connectivity index (χ0n) is 9.93. The molecule has 1 saturated carbocycles. The Kier molecular flexibility index (Phi) is 4.09. The molecular weight excluding hydrogens is 254 g/mol. The molecule has 0 saturated heterocycles. The predicted molar refractivity (Wildman–Crippen MR) is 68.9 cm³/mol. The highest BCUT2D eigenvalue weighted by Gasteiger charge is 2.23. The quantitative estimate of drug-likeness (QED) is 0.833. The Balaban J connectivity index is 2.12. The Morgan fingerprint density at radius 1 is 1.56 bits per heavy atom. The third-order valence-corrected chi connectivity index (χ3v) is 3.17. The van der Waals surface area contributed by atoms with Crippen LogP contribution in [0.1, 0.15) is 30.9 Å². The highest BCUT2D eigenvalue weighted by atomic mass is 35.5. The van der Waals surface area contributed by atoms with Gasteiger partial charge < -0.3 is 15.6 Å². The van der Waals surface area contributed by atoms with E-state index >= 15 is 0 Å². The molecule has 1 unspecified atom stereocenters. The van der Waals surface area contributed by atoms with Crippen molar-refractivity contribution in [2.24, 2.45) is 11.7 Å². The van der Waals surface area contributed by atoms with Crippen LogP contribution in [0.2, 0.25) is 5.02 Å². The van der Waals surface area contributed by atoms with Gasteiger partial charge in [0.05, 0.1) is 13.0 Å². The van der Waals surface area contributed by atoms with E-state index in [1.165, 1.54) is 12.8 Å². The van der Waals surface area contributed by atoms with Crippen LogP contribution >= 0.6 is 11.6 Å². The minimum Gasteiger partial charge on any atom is -0.493 e. The van der Waals surface area contributed by atoms with Crippen molar-refractivity contribution in [1.29, 1.82) is 0 Å². The summed E-state index contributed by atoms with van der Waals surface area (Å²) >= 11 is 5.91. The number of carbonyl (C=O) groups is 1. The lowest BCUT2D eigenvalue weighted by Crippen LogP contribution is -2.16. The zero-order chi connectivity index (χ0) is 13.1. The van der Waals surface area contributed by atoms with E-state index in [-0.39, 0.29) is 6.42 Å². The molecule has 3 N–H and O–H groups in total. The summed E-state index contributed by atoms with van der Waals surface area (Å²) in [6.07, 6.45) is 2.26. The van der Waals surface area contributed by atoms with E-state index < -0.39 is 12.0 Å². The van der Waals surface area contributed by atoms with Crippen molar-refractivity contribution >= 4 is 17.6 Å². The molecule has 0 amide bonds. The van der Waals surface area contributed by atoms with Crippen molar-refractivity contribution in [3.8, 4) is 5.75 Å². The van der Waals surface area contributed by atoms with Crippen molar-refractivity contribution in [2.75, 3.05) is 6.61 Å². The van der Waals surface area contributed by atoms with Gasteiger partial charge in [-0.3, -0.25) is 4.79 Å². The van der Waals surface area contributed by atoms with Gasteiger partial charge in [-0.05, 0) is 37.0 Å². The average molecular weight is 270 g/mol. The summed E-state index contributed by atoms with van der Waals surface area (Å²) in [6, 6.07) is 4.55. The van der Waals surface area contributed by atoms with Crippen molar-refractivity contribution in [3.05, 3.63) is 28.8 Å². The number of carboxylic acids is 1. The molecule has 98 valence electrons. The highest BCUT2D eigenvalue weighted by molar-refractivity contribution is 6.30. The molecule has 1 aliphatic carbocycles. The van der Waals surface area contributed by atoms with Gasteiger partial charge in [0.15, 0.2) is 0 Å². The van der Waals surface area contributed by atoms with Crippen molar-refractivity contribution in [2.45, 2.75) is 25.3 Å². The van der Waals surface area contributed by atoms with E-state index in [2.05, 4.69) is 0 Å². The fourth-order valence-electron chi connectivity index (χ4n) is 1.73. The van der Waals surface area contributed by atoms with E-state index in [0.717, 1.165) is 0 Å². The van der Waals surface area contributed by atoms with Crippen LogP contribution in [-0.4, -0.2) is 17.7 Å². The largest absolute Gasteiger partial charge is 0.493 e. The Morgan fingerprint density at radius 3 is 2.89 bits per heavy atom. The summed E-state index contributed by atoms with van der Waals surface area (Å²) < 4.78 is 5.69. The summed E-state index contributed by atoms with van der Waals surface area (Å²) in [6.45, 7) is 0.661. The average Bonchev–Trinajstić information content (AvgIpc) is 3.10. The number of benzene rings is 1. The molecule has 1 aromatic carbocycles. The Morgan fingerprint density at radius 2 is 2.28 bits per heavy atom. The van der Waals surface area contributed by atoms with Crippen LogP contribution in [0.25, 0.3) is 0 Å². The lowest BCUT2D eigenvalue weighted by Gasteiger charge is -2.16. The van der Waals surface area contributed by atoms with Crippen molar-refractivity contribution in [3.63, 3.8) is 0 Å². The normalized spacial score (nSPS) is 16.3. The number of halogens is 1. The predicted octanol–water partition coefficient (Wildman–Crippen LogP) is 2.60. The number of aliphatic carboxylic acids is 1. The molecule has 5 heteroatoms. The highest BCUT2D eigenvalue weighted by Crippen LogP contribution is 2.33. The molecule has 0 aliphatic heterocycles. The van der Waals surface area contributed by atoms with E-state index in [1.807, 2.05) is 0 Å². The zero-order valence-corrected chi connectivity index (χ0v) is 10.7. The summed E-state index contributed by atoms with van der Waals surface area (Å²) in [7, 11) is 0. The molecule has 2 rings (SSSR count). The van der Waals surface area contributed by atoms with E-state index in [4.69, 9.17) is 27.2 Å². The summed E-state index contributed by atoms with van der Waals surface area (Å²) in [5.74, 6) is 0.333. The lowest BCUT2D eigenvalue weighted by molar-refractivity contribution is -0.137. The van der Waals surface area contributed by atoms with Gasteiger partial charge in [0, 0.05) is 16.6 Å². The van der Waals surface area contributed by atoms with Gasteiger partial charge in [-0.1, -0.05) is 11.6 Å². The van der Waals surface area contributed by atoms with E-state index in [1.54, 1.807) is 18.2 Å². The standard InChI is InChI=1S/C13H16ClNO3/c14-9-3-4-12(18-7-8-1-2-8)10(5-9)11(15)6-13(16)17/h3-5,8,11H,1-2,6-7,15H2,(H,16,17). The monoisotopic (exact) mass is 269 g/mol. The van der Waals surface area contributed by atoms with Crippen LogP contribution in [0, 0.1) is 5.92 Å². The van der Waals surface area contributed by atoms with Crippen molar-refractivity contribution in [1.82, 2.24) is 0 Å². The first-order chi connectivity index (χ1) is 8.56. The third-order valence-electron chi connectivity index (χ3n) is 2.94. The molecule has 4 nitrogen and oxygen atoms in total. The Hall–Kier alpha value is -1.26. The van der Waals surface area contributed by atoms with Gasteiger partial charge in [-0.15, -0.1) is 0 Å². The molecule has 0 aromatic heterocycles. The molecule has 18 heavy (non-hydrogen) atoms. The van der Waals surface area contributed by atoms with Crippen molar-refractivity contribution < 1.29 is 14.6 Å². The van der Waals surface area contributed by atoms with Crippen LogP contribution in [0.5, 0.6) is 5.75 Å². The Labute approximate surface area is 111 Å². The molecule has 1 atom stereocenters. The number of hydrogen-bond donors (Lipinski definition) is 2. The van der Waals surface area contributed by atoms with E-state index in [9.17, 15) is 4.79 Å². The maximum Gasteiger partial charge on any atom is 0.305 e. The second kappa shape index (κ2) is 5.59. The molecule has 0 spiro atoms. The maximum absolute atomic E-state index is 10.7. The van der Waals surface area contributed by atoms with Crippen LogP contribution in [0.3, 0.4) is 0 Å². The second-order valence-corrected chi connectivity index (χ2v) is 5.08. The molecule has 1 fully saturated rings.